The van der Waals surface area contributed by atoms with Crippen molar-refractivity contribution in [2.24, 2.45) is 5.92 Å². The minimum Gasteiger partial charge on any atom is -0.497 e. The molecule has 4 aliphatic heterocycles. The van der Waals surface area contributed by atoms with E-state index in [9.17, 15) is 5.11 Å². The topological polar surface area (TPSA) is 159 Å². The largest absolute Gasteiger partial charge is 0.497 e. The van der Waals surface area contributed by atoms with Crippen LogP contribution in [0.3, 0.4) is 0 Å². The second-order valence-corrected chi connectivity index (χ2v) is 19.0. The molecule has 4 heterocycles. The summed E-state index contributed by atoms with van der Waals surface area (Å²) in [6, 6.07) is 51.4. The number of urea groups is 1. The van der Waals surface area contributed by atoms with Crippen molar-refractivity contribution in [1.82, 2.24) is 10.2 Å². The quantitative estimate of drug-likeness (QED) is 0.0796. The highest BCUT2D eigenvalue weighted by molar-refractivity contribution is 6.25. The number of nitrogens with zero attached hydrogens (tertiary/aromatic N) is 3. The van der Waals surface area contributed by atoms with Gasteiger partial charge in [-0.25, -0.2) is 9.69 Å². The first kappa shape index (κ1) is 49.5. The number of hydrogen-bond acceptors (Lipinski definition) is 11. The van der Waals surface area contributed by atoms with E-state index in [0.717, 1.165) is 21.7 Å². The fraction of sp³-hybridized carbons (Fsp3) is 0.226. The van der Waals surface area contributed by atoms with Gasteiger partial charge in [-0.15, -0.1) is 0 Å². The van der Waals surface area contributed by atoms with Gasteiger partial charge in [0.1, 0.15) is 35.7 Å². The molecule has 0 saturated carbocycles. The molecule has 14 nitrogen and oxygen atoms in total. The van der Waals surface area contributed by atoms with Crippen LogP contribution < -0.4 is 29.9 Å². The molecule has 1 spiro atoms. The van der Waals surface area contributed by atoms with Crippen molar-refractivity contribution in [3.63, 3.8) is 0 Å². The zero-order chi connectivity index (χ0) is 52.2. The van der Waals surface area contributed by atoms with Crippen LogP contribution in [-0.4, -0.2) is 86.5 Å². The van der Waals surface area contributed by atoms with Gasteiger partial charge in [-0.05, 0) is 107 Å². The Bertz CT molecular complexity index is 3310. The number of anilines is 3. The number of imide groups is 1. The second-order valence-electron chi connectivity index (χ2n) is 19.0. The van der Waals surface area contributed by atoms with Gasteiger partial charge >= 0.3 is 12.0 Å². The number of carbonyl (C=O) groups excluding carboxylic acids is 4. The van der Waals surface area contributed by atoms with E-state index >= 15 is 19.2 Å². The van der Waals surface area contributed by atoms with Crippen LogP contribution in [0.2, 0.25) is 0 Å². The van der Waals surface area contributed by atoms with E-state index in [2.05, 4.69) is 27.4 Å². The minimum absolute atomic E-state index is 0.0244. The fourth-order valence-electron chi connectivity index (χ4n) is 11.4. The number of esters is 1. The number of hydrogen-bond donors (Lipinski definition) is 3. The number of aliphatic hydroxyl groups excluding tert-OH is 1. The molecule has 7 aromatic carbocycles. The monoisotopic (exact) mass is 1010 g/mol. The van der Waals surface area contributed by atoms with Crippen LogP contribution in [0.4, 0.5) is 21.9 Å². The standard InChI is InChI=1S/C62H55N5O9/c1-73-49-29-22-41(23-30-49)20-21-42-24-31-52-51(38-42)62(60(71)66(52)61(72)63-40-43-12-5-2-6-13-43)53(58(69)64-47-25-27-48(28-26-47)65-32-35-74-36-33-65)55-59(70)76-56(45-16-9-4-10-17-45)54(44-14-7-3-8-15-44)67(55)57(62)46-18-11-19-50(39-46)75-37-34-68/h2-19,22-31,38-39,53-57,68H,32-37,40H2,1H3,(H,63,72)(H,64,69)/t53-,54-,55?,56+,57+,62-/m1/s1. The summed E-state index contributed by atoms with van der Waals surface area (Å²) in [6.07, 6.45) is -0.932. The predicted octanol–water partition coefficient (Wildman–Crippen LogP) is 8.52. The molecule has 4 amide bonds. The van der Waals surface area contributed by atoms with E-state index in [0.29, 0.717) is 71.3 Å². The molecule has 76 heavy (non-hydrogen) atoms. The third-order valence-electron chi connectivity index (χ3n) is 14.7. The van der Waals surface area contributed by atoms with Crippen molar-refractivity contribution in [1.29, 1.82) is 0 Å². The first-order valence-corrected chi connectivity index (χ1v) is 25.4. The molecule has 0 bridgehead atoms. The van der Waals surface area contributed by atoms with Gasteiger partial charge in [-0.3, -0.25) is 19.3 Å². The number of methoxy groups -OCH3 is 1. The number of aliphatic hydroxyl groups is 1. The van der Waals surface area contributed by atoms with Crippen LogP contribution in [-0.2, 0) is 35.8 Å². The van der Waals surface area contributed by atoms with E-state index in [1.54, 1.807) is 55.6 Å². The summed E-state index contributed by atoms with van der Waals surface area (Å²) in [5.41, 5.74) is 3.79. The molecule has 0 radical (unpaired) electrons. The Kier molecular flexibility index (Phi) is 14.1. The molecule has 6 atom stereocenters. The second kappa shape index (κ2) is 21.6. The molecule has 14 heteroatoms. The summed E-state index contributed by atoms with van der Waals surface area (Å²) in [6.45, 7) is 2.40. The molecular formula is C62H55N5O9. The SMILES string of the molecule is COc1ccc(C#Cc2ccc3c(c2)[C@]2(C(=O)N3C(=O)NCc3ccccc3)[C@H](c3cccc(OCCO)c3)N3C(C(=O)O[C@@H](c4ccccc4)[C@H]3c3ccccc3)[C@@H]2C(=O)Nc2ccc(N3CCOCC3)cc2)cc1. The van der Waals surface area contributed by atoms with Crippen molar-refractivity contribution in [2.75, 3.05) is 61.7 Å². The lowest BCUT2D eigenvalue weighted by atomic mass is 9.65. The number of morpholine rings is 2. The third kappa shape index (κ3) is 9.30. The van der Waals surface area contributed by atoms with Crippen LogP contribution in [0.5, 0.6) is 11.5 Å². The minimum atomic E-state index is -2.06. The lowest BCUT2D eigenvalue weighted by Gasteiger charge is -2.46. The highest BCUT2D eigenvalue weighted by Crippen LogP contribution is 2.66. The average molecular weight is 1010 g/mol. The number of cyclic esters (lactones) is 1. The summed E-state index contributed by atoms with van der Waals surface area (Å²) in [4.78, 5) is 69.1. The molecule has 3 saturated heterocycles. The maximum atomic E-state index is 16.8. The van der Waals surface area contributed by atoms with E-state index in [1.165, 1.54) is 0 Å². The zero-order valence-corrected chi connectivity index (χ0v) is 41.7. The summed E-state index contributed by atoms with van der Waals surface area (Å²) < 4.78 is 23.7. The predicted molar refractivity (Wildman–Crippen MR) is 287 cm³/mol. The zero-order valence-electron chi connectivity index (χ0n) is 41.7. The molecular weight excluding hydrogens is 959 g/mol. The van der Waals surface area contributed by atoms with Gasteiger partial charge < -0.3 is 39.6 Å². The molecule has 3 N–H and O–H groups in total. The number of amides is 4. The first-order valence-electron chi connectivity index (χ1n) is 25.4. The van der Waals surface area contributed by atoms with Crippen LogP contribution in [0.1, 0.15) is 57.1 Å². The number of rotatable bonds is 12. The molecule has 1 unspecified atom stereocenters. The number of ether oxygens (including phenoxy) is 4. The fourth-order valence-corrected chi connectivity index (χ4v) is 11.4. The van der Waals surface area contributed by atoms with Gasteiger partial charge in [0.2, 0.25) is 11.8 Å². The molecule has 0 aliphatic carbocycles. The van der Waals surface area contributed by atoms with Crippen molar-refractivity contribution in [2.45, 2.75) is 36.2 Å². The Morgan fingerprint density at radius 1 is 0.711 bits per heavy atom. The summed E-state index contributed by atoms with van der Waals surface area (Å²) in [7, 11) is 1.59. The van der Waals surface area contributed by atoms with Crippen molar-refractivity contribution in [3.8, 4) is 23.3 Å². The number of nitrogens with one attached hydrogen (secondary N) is 2. The van der Waals surface area contributed by atoms with Crippen molar-refractivity contribution >= 4 is 40.9 Å². The summed E-state index contributed by atoms with van der Waals surface area (Å²) in [5, 5.41) is 16.1. The Morgan fingerprint density at radius 3 is 2.07 bits per heavy atom. The van der Waals surface area contributed by atoms with Crippen LogP contribution in [0, 0.1) is 17.8 Å². The highest BCUT2D eigenvalue weighted by atomic mass is 16.6. The average Bonchev–Trinajstić information content (AvgIpc) is 4.11. The molecule has 7 aromatic rings. The number of benzene rings is 7. The molecule has 11 rings (SSSR count). The summed E-state index contributed by atoms with van der Waals surface area (Å²) >= 11 is 0. The van der Waals surface area contributed by atoms with Crippen LogP contribution in [0.15, 0.2) is 182 Å². The first-order chi connectivity index (χ1) is 37.3. The Labute approximate surface area is 440 Å². The molecule has 4 aliphatic rings. The van der Waals surface area contributed by atoms with Gasteiger partial charge in [-0.2, -0.15) is 0 Å². The van der Waals surface area contributed by atoms with E-state index in [1.807, 2.05) is 138 Å². The highest BCUT2D eigenvalue weighted by Gasteiger charge is 2.75. The van der Waals surface area contributed by atoms with Gasteiger partial charge in [-0.1, -0.05) is 115 Å². The molecule has 3 fully saturated rings. The maximum absolute atomic E-state index is 16.8. The normalized spacial score (nSPS) is 21.7. The Hall–Kier alpha value is -8.74. The lowest BCUT2D eigenvalue weighted by Crippen LogP contribution is -2.55. The molecule has 382 valence electrons. The van der Waals surface area contributed by atoms with E-state index < -0.39 is 59.4 Å². The van der Waals surface area contributed by atoms with Crippen LogP contribution >= 0.6 is 0 Å². The Morgan fingerprint density at radius 2 is 1.37 bits per heavy atom. The van der Waals surface area contributed by atoms with Gasteiger partial charge in [0.25, 0.3) is 0 Å². The smallest absolute Gasteiger partial charge is 0.329 e. The van der Waals surface area contributed by atoms with E-state index in [-0.39, 0.29) is 25.4 Å². The third-order valence-corrected chi connectivity index (χ3v) is 14.7. The molecule has 0 aromatic heterocycles. The van der Waals surface area contributed by atoms with Gasteiger partial charge in [0.15, 0.2) is 0 Å². The number of carbonyl (C=O) groups is 4. The lowest BCUT2D eigenvalue weighted by molar-refractivity contribution is -0.177. The van der Waals surface area contributed by atoms with Crippen LogP contribution in [0.25, 0.3) is 0 Å². The summed E-state index contributed by atoms with van der Waals surface area (Å²) in [5.74, 6) is 3.93. The maximum Gasteiger partial charge on any atom is 0.329 e. The van der Waals surface area contributed by atoms with Crippen molar-refractivity contribution in [3.05, 3.63) is 221 Å². The Balaban J connectivity index is 1.16. The van der Waals surface area contributed by atoms with Gasteiger partial charge in [0, 0.05) is 42.1 Å². The van der Waals surface area contributed by atoms with E-state index in [4.69, 9.17) is 18.9 Å². The van der Waals surface area contributed by atoms with Crippen molar-refractivity contribution < 1.29 is 43.2 Å². The van der Waals surface area contributed by atoms with Gasteiger partial charge in [0.05, 0.1) is 50.6 Å². The number of fused-ring (bicyclic) bond motifs is 3.